The summed E-state index contributed by atoms with van der Waals surface area (Å²) in [4.78, 5) is 2.11. The zero-order chi connectivity index (χ0) is 11.8. The number of primary sulfonamides is 1. The number of hydrogen-bond donors (Lipinski definition) is 3. The SMILES string of the molecule is Nc1ncc(O)c(S(N)(=O)=O)c1C(F)F. The first-order valence-electron chi connectivity index (χ1n) is 3.53. The summed E-state index contributed by atoms with van der Waals surface area (Å²) in [6.45, 7) is 0. The van der Waals surface area contributed by atoms with Crippen molar-refractivity contribution in [2.45, 2.75) is 11.3 Å². The Labute approximate surface area is 83.6 Å². The number of anilines is 1. The van der Waals surface area contributed by atoms with Crippen LogP contribution in [0, 0.1) is 0 Å². The van der Waals surface area contributed by atoms with Gasteiger partial charge in [0.05, 0.1) is 11.8 Å². The number of hydrogen-bond acceptors (Lipinski definition) is 5. The van der Waals surface area contributed by atoms with Crippen molar-refractivity contribution in [2.75, 3.05) is 5.73 Å². The normalized spacial score (nSPS) is 12.0. The highest BCUT2D eigenvalue weighted by Gasteiger charge is 2.27. The lowest BCUT2D eigenvalue weighted by Crippen LogP contribution is -2.17. The molecule has 9 heteroatoms. The zero-order valence-electron chi connectivity index (χ0n) is 7.18. The molecule has 1 heterocycles. The van der Waals surface area contributed by atoms with E-state index in [1.807, 2.05) is 0 Å². The van der Waals surface area contributed by atoms with Crippen molar-refractivity contribution < 1.29 is 22.3 Å². The van der Waals surface area contributed by atoms with Crippen molar-refractivity contribution in [2.24, 2.45) is 5.14 Å². The van der Waals surface area contributed by atoms with Gasteiger partial charge in [-0.1, -0.05) is 0 Å². The summed E-state index contributed by atoms with van der Waals surface area (Å²) in [5.41, 5.74) is 3.98. The Morgan fingerprint density at radius 3 is 2.33 bits per heavy atom. The van der Waals surface area contributed by atoms with E-state index in [1.165, 1.54) is 0 Å². The predicted molar refractivity (Wildman–Crippen MR) is 46.6 cm³/mol. The summed E-state index contributed by atoms with van der Waals surface area (Å²) in [5.74, 6) is -1.64. The van der Waals surface area contributed by atoms with Gasteiger partial charge in [0.2, 0.25) is 10.0 Å². The summed E-state index contributed by atoms with van der Waals surface area (Å²) < 4.78 is 46.8. The molecule has 1 aromatic heterocycles. The molecule has 6 nitrogen and oxygen atoms in total. The van der Waals surface area contributed by atoms with E-state index in [0.29, 0.717) is 6.20 Å². The Bertz CT molecular complexity index is 489. The standard InChI is InChI=1S/C6H7F2N3O3S/c7-5(8)3-4(15(10,13)14)2(12)1-11-6(3)9/h1,5,12H,(H2,9,11)(H2,10,13,14). The Morgan fingerprint density at radius 1 is 1.47 bits per heavy atom. The van der Waals surface area contributed by atoms with E-state index in [1.54, 1.807) is 0 Å². The van der Waals surface area contributed by atoms with Gasteiger partial charge in [0.25, 0.3) is 6.43 Å². The van der Waals surface area contributed by atoms with Crippen molar-refractivity contribution in [3.8, 4) is 5.75 Å². The van der Waals surface area contributed by atoms with Crippen molar-refractivity contribution >= 4 is 15.8 Å². The lowest BCUT2D eigenvalue weighted by atomic mass is 10.2. The molecule has 0 atom stereocenters. The molecule has 0 aliphatic rings. The average molecular weight is 239 g/mol. The smallest absolute Gasteiger partial charge is 0.268 e. The van der Waals surface area contributed by atoms with Gasteiger partial charge in [-0.15, -0.1) is 0 Å². The Hall–Kier alpha value is -1.48. The molecule has 5 N–H and O–H groups in total. The second-order valence-electron chi connectivity index (χ2n) is 2.62. The molecule has 84 valence electrons. The number of halogens is 2. The Morgan fingerprint density at radius 2 is 2.00 bits per heavy atom. The summed E-state index contributed by atoms with van der Waals surface area (Å²) in [6, 6.07) is 0. The summed E-state index contributed by atoms with van der Waals surface area (Å²) in [7, 11) is -4.48. The number of aromatic hydroxyl groups is 1. The third kappa shape index (κ3) is 2.13. The van der Waals surface area contributed by atoms with Crippen molar-refractivity contribution in [1.82, 2.24) is 4.98 Å². The van der Waals surface area contributed by atoms with Gasteiger partial charge in [-0.2, -0.15) is 0 Å². The fourth-order valence-corrected chi connectivity index (χ4v) is 1.87. The summed E-state index contributed by atoms with van der Waals surface area (Å²) >= 11 is 0. The topological polar surface area (TPSA) is 119 Å². The summed E-state index contributed by atoms with van der Waals surface area (Å²) in [6.07, 6.45) is -2.56. The molecule has 0 bridgehead atoms. The second-order valence-corrected chi connectivity index (χ2v) is 4.12. The van der Waals surface area contributed by atoms with Crippen LogP contribution in [0.15, 0.2) is 11.1 Å². The molecule has 0 fully saturated rings. The minimum Gasteiger partial charge on any atom is -0.505 e. The molecule has 0 unspecified atom stereocenters. The van der Waals surface area contributed by atoms with Crippen LogP contribution in [0.1, 0.15) is 12.0 Å². The highest BCUT2D eigenvalue weighted by atomic mass is 32.2. The van der Waals surface area contributed by atoms with Crippen LogP contribution in [0.3, 0.4) is 0 Å². The number of nitrogens with two attached hydrogens (primary N) is 2. The van der Waals surface area contributed by atoms with E-state index < -0.39 is 38.5 Å². The quantitative estimate of drug-likeness (QED) is 0.668. The maximum absolute atomic E-state index is 12.4. The molecule has 0 radical (unpaired) electrons. The maximum atomic E-state index is 12.4. The van der Waals surface area contributed by atoms with Gasteiger partial charge in [0.15, 0.2) is 5.75 Å². The molecule has 0 aromatic carbocycles. The van der Waals surface area contributed by atoms with Gasteiger partial charge in [-0.25, -0.2) is 27.3 Å². The molecule has 1 aromatic rings. The molecule has 1 rings (SSSR count). The van der Waals surface area contributed by atoms with Gasteiger partial charge >= 0.3 is 0 Å². The molecule has 0 amide bonds. The summed E-state index contributed by atoms with van der Waals surface area (Å²) in [5, 5.41) is 13.8. The molecule has 15 heavy (non-hydrogen) atoms. The monoisotopic (exact) mass is 239 g/mol. The highest BCUT2D eigenvalue weighted by molar-refractivity contribution is 7.89. The van der Waals surface area contributed by atoms with Crippen LogP contribution >= 0.6 is 0 Å². The average Bonchev–Trinajstić information content (AvgIpc) is 2.05. The molecular formula is C6H7F2N3O3S. The number of rotatable bonds is 2. The van der Waals surface area contributed by atoms with E-state index in [9.17, 15) is 17.2 Å². The van der Waals surface area contributed by atoms with E-state index in [-0.39, 0.29) is 0 Å². The van der Waals surface area contributed by atoms with Crippen LogP contribution in [-0.2, 0) is 10.0 Å². The fraction of sp³-hybridized carbons (Fsp3) is 0.167. The van der Waals surface area contributed by atoms with E-state index >= 15 is 0 Å². The van der Waals surface area contributed by atoms with Crippen LogP contribution in [-0.4, -0.2) is 18.5 Å². The number of alkyl halides is 2. The molecule has 0 saturated heterocycles. The van der Waals surface area contributed by atoms with Crippen molar-refractivity contribution in [3.05, 3.63) is 11.8 Å². The molecular weight excluding hydrogens is 232 g/mol. The van der Waals surface area contributed by atoms with Crippen LogP contribution in [0.4, 0.5) is 14.6 Å². The van der Waals surface area contributed by atoms with Crippen LogP contribution < -0.4 is 10.9 Å². The largest absolute Gasteiger partial charge is 0.505 e. The van der Waals surface area contributed by atoms with E-state index in [4.69, 9.17) is 10.8 Å². The van der Waals surface area contributed by atoms with Gasteiger partial charge in [0.1, 0.15) is 10.7 Å². The highest BCUT2D eigenvalue weighted by Crippen LogP contribution is 2.34. The third-order valence-corrected chi connectivity index (χ3v) is 2.58. The first-order valence-corrected chi connectivity index (χ1v) is 5.08. The van der Waals surface area contributed by atoms with Gasteiger partial charge < -0.3 is 10.8 Å². The fourth-order valence-electron chi connectivity index (χ4n) is 1.02. The second kappa shape index (κ2) is 3.59. The van der Waals surface area contributed by atoms with Crippen molar-refractivity contribution in [1.29, 1.82) is 0 Å². The lowest BCUT2D eigenvalue weighted by molar-refractivity contribution is 0.147. The first kappa shape index (κ1) is 11.6. The van der Waals surface area contributed by atoms with Crippen molar-refractivity contribution in [3.63, 3.8) is 0 Å². The van der Waals surface area contributed by atoms with Crippen LogP contribution in [0.2, 0.25) is 0 Å². The molecule has 0 aliphatic heterocycles. The van der Waals surface area contributed by atoms with Gasteiger partial charge in [0, 0.05) is 0 Å². The van der Waals surface area contributed by atoms with Crippen LogP contribution in [0.25, 0.3) is 0 Å². The molecule has 0 aliphatic carbocycles. The molecule has 0 spiro atoms. The number of aromatic nitrogens is 1. The zero-order valence-corrected chi connectivity index (χ0v) is 8.00. The first-order chi connectivity index (χ1) is 6.75. The van der Waals surface area contributed by atoms with E-state index in [0.717, 1.165) is 0 Å². The third-order valence-electron chi connectivity index (χ3n) is 1.58. The predicted octanol–water partition coefficient (Wildman–Crippen LogP) is -0.0456. The Balaban J connectivity index is 3.68. The van der Waals surface area contributed by atoms with E-state index in [2.05, 4.69) is 10.1 Å². The molecule has 0 saturated carbocycles. The number of pyridine rings is 1. The minimum atomic E-state index is -4.48. The Kier molecular flexibility index (Phi) is 2.77. The number of nitrogens with zero attached hydrogens (tertiary/aromatic N) is 1. The van der Waals surface area contributed by atoms with Gasteiger partial charge in [-0.3, -0.25) is 0 Å². The number of sulfonamides is 1. The minimum absolute atomic E-state index is 0.640. The maximum Gasteiger partial charge on any atom is 0.268 e. The lowest BCUT2D eigenvalue weighted by Gasteiger charge is -2.10. The van der Waals surface area contributed by atoms with Crippen LogP contribution in [0.5, 0.6) is 5.75 Å². The van der Waals surface area contributed by atoms with Gasteiger partial charge in [-0.05, 0) is 0 Å². The number of nitrogen functional groups attached to an aromatic ring is 1.